The molecule has 0 radical (unpaired) electrons. The summed E-state index contributed by atoms with van der Waals surface area (Å²) >= 11 is 0. The number of fused-ring (bicyclic) bond motifs is 1. The van der Waals surface area contributed by atoms with Crippen molar-refractivity contribution in [2.24, 2.45) is 16.6 Å². The van der Waals surface area contributed by atoms with Gasteiger partial charge in [-0.3, -0.25) is 4.99 Å². The van der Waals surface area contributed by atoms with Gasteiger partial charge in [-0.05, 0) is 36.5 Å². The Bertz CT molecular complexity index is 613. The molecule has 5 heteroatoms. The molecule has 1 saturated heterocycles. The first-order chi connectivity index (χ1) is 11.5. The molecule has 0 saturated carbocycles. The van der Waals surface area contributed by atoms with Crippen LogP contribution in [0.4, 0.5) is 0 Å². The van der Waals surface area contributed by atoms with Gasteiger partial charge >= 0.3 is 0 Å². The Hall–Kier alpha value is -1.91. The van der Waals surface area contributed by atoms with Crippen molar-refractivity contribution < 1.29 is 9.47 Å². The highest BCUT2D eigenvalue weighted by Gasteiger charge is 2.24. The average molecular weight is 331 g/mol. The largest absolute Gasteiger partial charge is 0.486 e. The summed E-state index contributed by atoms with van der Waals surface area (Å²) in [6.45, 7) is 10.6. The third-order valence-corrected chi connectivity index (χ3v) is 4.94. The second-order valence-corrected chi connectivity index (χ2v) is 7.61. The second kappa shape index (κ2) is 6.91. The molecule has 1 unspecified atom stereocenters. The highest BCUT2D eigenvalue weighted by Crippen LogP contribution is 2.35. The average Bonchev–Trinajstić information content (AvgIpc) is 2.59. The van der Waals surface area contributed by atoms with Gasteiger partial charge < -0.3 is 20.1 Å². The molecule has 1 aromatic rings. The Morgan fingerprint density at radius 3 is 2.79 bits per heavy atom. The zero-order valence-electron chi connectivity index (χ0n) is 15.0. The lowest BCUT2D eigenvalue weighted by atomic mass is 9.84. The van der Waals surface area contributed by atoms with E-state index in [2.05, 4.69) is 37.8 Å². The predicted molar refractivity (Wildman–Crippen MR) is 96.9 cm³/mol. The minimum Gasteiger partial charge on any atom is -0.486 e. The minimum atomic E-state index is -0.109. The lowest BCUT2D eigenvalue weighted by Crippen LogP contribution is -2.44. The summed E-state index contributed by atoms with van der Waals surface area (Å²) in [6, 6.07) is 6.16. The number of piperidine rings is 1. The van der Waals surface area contributed by atoms with Gasteiger partial charge in [-0.2, -0.15) is 0 Å². The van der Waals surface area contributed by atoms with Crippen LogP contribution in [-0.4, -0.2) is 43.7 Å². The van der Waals surface area contributed by atoms with Gasteiger partial charge in [-0.1, -0.05) is 26.8 Å². The summed E-state index contributed by atoms with van der Waals surface area (Å²) in [5, 5.41) is 0. The number of likely N-dealkylation sites (tertiary alicyclic amines) is 1. The first-order valence-electron chi connectivity index (χ1n) is 8.91. The van der Waals surface area contributed by atoms with Crippen LogP contribution in [0.3, 0.4) is 0 Å². The normalized spacial score (nSPS) is 21.7. The molecule has 0 amide bonds. The highest BCUT2D eigenvalue weighted by atomic mass is 16.6. The molecule has 0 bridgehead atoms. The number of benzene rings is 1. The lowest BCUT2D eigenvalue weighted by molar-refractivity contribution is 0.171. The van der Waals surface area contributed by atoms with Crippen LogP contribution in [-0.2, 0) is 5.41 Å². The van der Waals surface area contributed by atoms with Gasteiger partial charge in [0, 0.05) is 18.5 Å². The van der Waals surface area contributed by atoms with Gasteiger partial charge in [-0.15, -0.1) is 0 Å². The summed E-state index contributed by atoms with van der Waals surface area (Å²) in [4.78, 5) is 6.91. The van der Waals surface area contributed by atoms with Crippen LogP contribution in [0.25, 0.3) is 0 Å². The SMILES string of the molecule is CC1CCCN(C(N)=NCC(C)(C)c2ccc3c(c2)OCCO3)C1. The van der Waals surface area contributed by atoms with E-state index in [9.17, 15) is 0 Å². The van der Waals surface area contributed by atoms with E-state index in [-0.39, 0.29) is 5.41 Å². The maximum atomic E-state index is 6.24. The van der Waals surface area contributed by atoms with Crippen molar-refractivity contribution in [3.63, 3.8) is 0 Å². The Balaban J connectivity index is 1.70. The number of nitrogens with two attached hydrogens (primary N) is 1. The van der Waals surface area contributed by atoms with Crippen molar-refractivity contribution in [3.05, 3.63) is 23.8 Å². The highest BCUT2D eigenvalue weighted by molar-refractivity contribution is 5.78. The van der Waals surface area contributed by atoms with Gasteiger partial charge in [0.15, 0.2) is 17.5 Å². The van der Waals surface area contributed by atoms with Crippen molar-refractivity contribution in [2.45, 2.75) is 39.0 Å². The van der Waals surface area contributed by atoms with E-state index >= 15 is 0 Å². The van der Waals surface area contributed by atoms with Gasteiger partial charge in [0.05, 0.1) is 6.54 Å². The Morgan fingerprint density at radius 2 is 2.04 bits per heavy atom. The van der Waals surface area contributed by atoms with E-state index in [4.69, 9.17) is 20.2 Å². The summed E-state index contributed by atoms with van der Waals surface area (Å²) in [5.74, 6) is 3.02. The summed E-state index contributed by atoms with van der Waals surface area (Å²) in [6.07, 6.45) is 2.48. The number of ether oxygens (including phenoxy) is 2. The number of hydrogen-bond donors (Lipinski definition) is 1. The number of nitrogens with zero attached hydrogens (tertiary/aromatic N) is 2. The number of guanidine groups is 1. The predicted octanol–water partition coefficient (Wildman–Crippen LogP) is 2.78. The number of rotatable bonds is 3. The molecule has 2 N–H and O–H groups in total. The van der Waals surface area contributed by atoms with Crippen LogP contribution >= 0.6 is 0 Å². The summed E-state index contributed by atoms with van der Waals surface area (Å²) in [5.41, 5.74) is 7.32. The zero-order chi connectivity index (χ0) is 17.2. The number of aliphatic imine (C=N–C) groups is 1. The molecule has 2 heterocycles. The fourth-order valence-corrected chi connectivity index (χ4v) is 3.33. The van der Waals surface area contributed by atoms with Crippen molar-refractivity contribution in [1.29, 1.82) is 0 Å². The Morgan fingerprint density at radius 1 is 1.29 bits per heavy atom. The third-order valence-electron chi connectivity index (χ3n) is 4.94. The monoisotopic (exact) mass is 331 g/mol. The fraction of sp³-hybridized carbons (Fsp3) is 0.632. The number of hydrogen-bond acceptors (Lipinski definition) is 3. The molecule has 1 fully saturated rings. The van der Waals surface area contributed by atoms with Crippen LogP contribution in [0, 0.1) is 5.92 Å². The van der Waals surface area contributed by atoms with Crippen molar-refractivity contribution in [3.8, 4) is 11.5 Å². The fourth-order valence-electron chi connectivity index (χ4n) is 3.33. The van der Waals surface area contributed by atoms with Crippen LogP contribution in [0.5, 0.6) is 11.5 Å². The van der Waals surface area contributed by atoms with E-state index in [1.807, 2.05) is 6.07 Å². The first-order valence-corrected chi connectivity index (χ1v) is 8.91. The molecular formula is C19H29N3O2. The van der Waals surface area contributed by atoms with E-state index in [0.29, 0.717) is 31.6 Å². The van der Waals surface area contributed by atoms with Gasteiger partial charge in [0.2, 0.25) is 0 Å². The smallest absolute Gasteiger partial charge is 0.191 e. The molecule has 24 heavy (non-hydrogen) atoms. The zero-order valence-corrected chi connectivity index (χ0v) is 15.0. The van der Waals surface area contributed by atoms with Crippen LogP contribution in [0.2, 0.25) is 0 Å². The van der Waals surface area contributed by atoms with Gasteiger partial charge in [0.25, 0.3) is 0 Å². The Labute approximate surface area is 144 Å². The summed E-state index contributed by atoms with van der Waals surface area (Å²) in [7, 11) is 0. The van der Waals surface area contributed by atoms with Crippen LogP contribution in [0.15, 0.2) is 23.2 Å². The second-order valence-electron chi connectivity index (χ2n) is 7.61. The maximum absolute atomic E-state index is 6.24. The molecule has 0 aromatic heterocycles. The molecule has 2 aliphatic rings. The third kappa shape index (κ3) is 3.77. The standard InChI is InChI=1S/C19H29N3O2/c1-14-5-4-8-22(12-14)18(20)21-13-19(2,3)15-6-7-16-17(11-15)24-10-9-23-16/h6-7,11,14H,4-5,8-10,12-13H2,1-3H3,(H2,20,21). The topological polar surface area (TPSA) is 60.1 Å². The molecule has 1 atom stereocenters. The minimum absolute atomic E-state index is 0.109. The molecule has 2 aliphatic heterocycles. The summed E-state index contributed by atoms with van der Waals surface area (Å²) < 4.78 is 11.3. The maximum Gasteiger partial charge on any atom is 0.191 e. The molecule has 5 nitrogen and oxygen atoms in total. The quantitative estimate of drug-likeness (QED) is 0.683. The van der Waals surface area contributed by atoms with Crippen LogP contribution < -0.4 is 15.2 Å². The van der Waals surface area contributed by atoms with Gasteiger partial charge in [0.1, 0.15) is 13.2 Å². The van der Waals surface area contributed by atoms with E-state index in [1.165, 1.54) is 18.4 Å². The molecule has 3 rings (SSSR count). The van der Waals surface area contributed by atoms with E-state index < -0.39 is 0 Å². The molecule has 0 spiro atoms. The first kappa shape index (κ1) is 16.9. The lowest BCUT2D eigenvalue weighted by Gasteiger charge is -2.32. The van der Waals surface area contributed by atoms with E-state index in [1.54, 1.807) is 0 Å². The van der Waals surface area contributed by atoms with E-state index in [0.717, 1.165) is 24.6 Å². The molecular weight excluding hydrogens is 302 g/mol. The van der Waals surface area contributed by atoms with Crippen LogP contribution in [0.1, 0.15) is 39.2 Å². The van der Waals surface area contributed by atoms with Crippen molar-refractivity contribution in [1.82, 2.24) is 4.90 Å². The molecule has 132 valence electrons. The molecule has 0 aliphatic carbocycles. The molecule has 1 aromatic carbocycles. The Kier molecular flexibility index (Phi) is 4.88. The van der Waals surface area contributed by atoms with Gasteiger partial charge in [-0.25, -0.2) is 0 Å². The van der Waals surface area contributed by atoms with Crippen molar-refractivity contribution >= 4 is 5.96 Å². The van der Waals surface area contributed by atoms with Crippen molar-refractivity contribution in [2.75, 3.05) is 32.8 Å².